The summed E-state index contributed by atoms with van der Waals surface area (Å²) in [5.74, 6) is -0.121. The first-order chi connectivity index (χ1) is 11.4. The molecule has 0 aliphatic heterocycles. The van der Waals surface area contributed by atoms with E-state index in [0.717, 1.165) is 12.1 Å². The summed E-state index contributed by atoms with van der Waals surface area (Å²) in [4.78, 5) is 15.7. The van der Waals surface area contributed by atoms with E-state index in [1.165, 1.54) is 33.3 Å². The Labute approximate surface area is 142 Å². The van der Waals surface area contributed by atoms with Crippen LogP contribution in [0.25, 0.3) is 10.9 Å². The van der Waals surface area contributed by atoms with Crippen molar-refractivity contribution in [3.63, 3.8) is 0 Å². The molecule has 0 radical (unpaired) electrons. The Morgan fingerprint density at radius 2 is 1.92 bits per heavy atom. The number of benzene rings is 1. The van der Waals surface area contributed by atoms with Crippen LogP contribution >= 0.6 is 0 Å². The van der Waals surface area contributed by atoms with Crippen molar-refractivity contribution in [1.29, 1.82) is 0 Å². The highest BCUT2D eigenvalue weighted by Crippen LogP contribution is 2.28. The summed E-state index contributed by atoms with van der Waals surface area (Å²) >= 11 is 0. The van der Waals surface area contributed by atoms with Gasteiger partial charge >= 0.3 is 0 Å². The largest absolute Gasteiger partial charge is 0.358 e. The molecule has 126 valence electrons. The lowest BCUT2D eigenvalue weighted by Crippen LogP contribution is -2.26. The number of nitrogens with zero attached hydrogens (tertiary/aromatic N) is 2. The van der Waals surface area contributed by atoms with Crippen molar-refractivity contribution in [2.24, 2.45) is 7.05 Å². The second kappa shape index (κ2) is 6.15. The van der Waals surface area contributed by atoms with Gasteiger partial charge in [0.25, 0.3) is 5.91 Å². The van der Waals surface area contributed by atoms with Crippen LogP contribution in [0.2, 0.25) is 0 Å². The van der Waals surface area contributed by atoms with E-state index in [-0.39, 0.29) is 5.91 Å². The predicted molar refractivity (Wildman–Crippen MR) is 96.5 cm³/mol. The van der Waals surface area contributed by atoms with Gasteiger partial charge in [0.1, 0.15) is 5.69 Å². The fourth-order valence-electron chi connectivity index (χ4n) is 3.19. The van der Waals surface area contributed by atoms with Crippen LogP contribution in [0.5, 0.6) is 0 Å². The van der Waals surface area contributed by atoms with Crippen LogP contribution in [0.4, 0.5) is 0 Å². The van der Waals surface area contributed by atoms with E-state index >= 15 is 0 Å². The van der Waals surface area contributed by atoms with Crippen molar-refractivity contribution in [3.05, 3.63) is 52.0 Å². The SMILES string of the molecule is Cc1[nH]c2c(C)ccc(C)c2c1CCNC(=O)c1cc(C)n(C)n1. The first-order valence-electron chi connectivity index (χ1n) is 8.24. The maximum absolute atomic E-state index is 12.2. The lowest BCUT2D eigenvalue weighted by Gasteiger charge is -2.06. The van der Waals surface area contributed by atoms with Crippen LogP contribution in [0.15, 0.2) is 18.2 Å². The number of aromatic nitrogens is 3. The zero-order valence-corrected chi connectivity index (χ0v) is 14.9. The minimum Gasteiger partial charge on any atom is -0.358 e. The van der Waals surface area contributed by atoms with E-state index in [4.69, 9.17) is 0 Å². The van der Waals surface area contributed by atoms with E-state index < -0.39 is 0 Å². The molecule has 1 amide bonds. The van der Waals surface area contributed by atoms with Gasteiger partial charge in [-0.15, -0.1) is 0 Å². The van der Waals surface area contributed by atoms with Gasteiger partial charge in [-0.1, -0.05) is 12.1 Å². The first kappa shape index (κ1) is 16.3. The van der Waals surface area contributed by atoms with Crippen LogP contribution in [0.1, 0.15) is 38.6 Å². The van der Waals surface area contributed by atoms with E-state index in [1.54, 1.807) is 10.7 Å². The van der Waals surface area contributed by atoms with Gasteiger partial charge in [0.2, 0.25) is 0 Å². The summed E-state index contributed by atoms with van der Waals surface area (Å²) in [6.07, 6.45) is 0.799. The van der Waals surface area contributed by atoms with Crippen molar-refractivity contribution in [2.75, 3.05) is 6.54 Å². The topological polar surface area (TPSA) is 62.7 Å². The third kappa shape index (κ3) is 2.82. The summed E-state index contributed by atoms with van der Waals surface area (Å²) in [6.45, 7) is 8.87. The third-order valence-corrected chi connectivity index (χ3v) is 4.70. The molecule has 2 heterocycles. The molecule has 2 N–H and O–H groups in total. The highest BCUT2D eigenvalue weighted by Gasteiger charge is 2.14. The van der Waals surface area contributed by atoms with Gasteiger partial charge in [0, 0.05) is 35.9 Å². The molecule has 0 bridgehead atoms. The number of amides is 1. The summed E-state index contributed by atoms with van der Waals surface area (Å²) in [5, 5.41) is 8.48. The number of carbonyl (C=O) groups excluding carboxylic acids is 1. The molecule has 0 atom stereocenters. The van der Waals surface area contributed by atoms with Crippen LogP contribution in [0.3, 0.4) is 0 Å². The molecule has 1 aromatic carbocycles. The molecule has 0 unspecified atom stereocenters. The number of fused-ring (bicyclic) bond motifs is 1. The van der Waals surface area contributed by atoms with Crippen molar-refractivity contribution in [1.82, 2.24) is 20.1 Å². The molecular weight excluding hydrogens is 300 g/mol. The Balaban J connectivity index is 1.75. The summed E-state index contributed by atoms with van der Waals surface area (Å²) in [6, 6.07) is 6.10. The number of hydrogen-bond donors (Lipinski definition) is 2. The molecule has 2 aromatic heterocycles. The molecule has 0 saturated carbocycles. The molecule has 24 heavy (non-hydrogen) atoms. The van der Waals surface area contributed by atoms with Crippen LogP contribution < -0.4 is 5.32 Å². The van der Waals surface area contributed by atoms with Crippen molar-refractivity contribution in [3.8, 4) is 0 Å². The molecule has 3 aromatic rings. The summed E-state index contributed by atoms with van der Waals surface area (Å²) in [7, 11) is 1.84. The van der Waals surface area contributed by atoms with E-state index in [2.05, 4.69) is 48.3 Å². The molecule has 0 saturated heterocycles. The number of aryl methyl sites for hydroxylation is 5. The van der Waals surface area contributed by atoms with E-state index in [9.17, 15) is 4.79 Å². The fraction of sp³-hybridized carbons (Fsp3) is 0.368. The zero-order chi connectivity index (χ0) is 17.4. The number of nitrogens with one attached hydrogen (secondary N) is 2. The Kier molecular flexibility index (Phi) is 4.18. The normalized spacial score (nSPS) is 11.2. The highest BCUT2D eigenvalue weighted by molar-refractivity contribution is 5.92. The molecular formula is C19H24N4O. The Morgan fingerprint density at radius 3 is 2.58 bits per heavy atom. The molecule has 3 rings (SSSR count). The number of hydrogen-bond acceptors (Lipinski definition) is 2. The maximum Gasteiger partial charge on any atom is 0.271 e. The maximum atomic E-state index is 12.2. The van der Waals surface area contributed by atoms with E-state index in [1.807, 2.05) is 14.0 Å². The Bertz CT molecular complexity index is 898. The lowest BCUT2D eigenvalue weighted by molar-refractivity contribution is 0.0948. The van der Waals surface area contributed by atoms with Gasteiger partial charge < -0.3 is 10.3 Å². The number of H-pyrrole nitrogens is 1. The highest BCUT2D eigenvalue weighted by atomic mass is 16.1. The standard InChI is InChI=1S/C19H24N4O/c1-11-6-7-12(2)18-17(11)15(14(4)21-18)8-9-20-19(24)16-10-13(3)23(5)22-16/h6-7,10,21H,8-9H2,1-5H3,(H,20,24). The Hall–Kier alpha value is -2.56. The van der Waals surface area contributed by atoms with Gasteiger partial charge in [0.15, 0.2) is 0 Å². The average molecular weight is 324 g/mol. The molecule has 5 heteroatoms. The fourth-order valence-corrected chi connectivity index (χ4v) is 3.19. The lowest BCUT2D eigenvalue weighted by atomic mass is 10.0. The number of aromatic amines is 1. The quantitative estimate of drug-likeness (QED) is 0.774. The summed E-state index contributed by atoms with van der Waals surface area (Å²) < 4.78 is 1.71. The van der Waals surface area contributed by atoms with Crippen LogP contribution in [-0.4, -0.2) is 27.2 Å². The first-order valence-corrected chi connectivity index (χ1v) is 8.24. The number of carbonyl (C=O) groups is 1. The Morgan fingerprint density at radius 1 is 1.21 bits per heavy atom. The van der Waals surface area contributed by atoms with Gasteiger partial charge in [-0.3, -0.25) is 9.48 Å². The predicted octanol–water partition coefficient (Wildman–Crippen LogP) is 3.11. The van der Waals surface area contributed by atoms with Crippen molar-refractivity contribution in [2.45, 2.75) is 34.1 Å². The second-order valence-corrected chi connectivity index (χ2v) is 6.48. The zero-order valence-electron chi connectivity index (χ0n) is 14.9. The second-order valence-electron chi connectivity index (χ2n) is 6.48. The van der Waals surface area contributed by atoms with Gasteiger partial charge in [-0.25, -0.2) is 0 Å². The number of rotatable bonds is 4. The van der Waals surface area contributed by atoms with Gasteiger partial charge in [-0.05, 0) is 56.9 Å². The van der Waals surface area contributed by atoms with Crippen molar-refractivity contribution < 1.29 is 4.79 Å². The monoisotopic (exact) mass is 324 g/mol. The van der Waals surface area contributed by atoms with Crippen LogP contribution in [0, 0.1) is 27.7 Å². The van der Waals surface area contributed by atoms with E-state index in [0.29, 0.717) is 12.2 Å². The van der Waals surface area contributed by atoms with Gasteiger partial charge in [0.05, 0.1) is 0 Å². The minimum atomic E-state index is -0.121. The van der Waals surface area contributed by atoms with Crippen molar-refractivity contribution >= 4 is 16.8 Å². The minimum absolute atomic E-state index is 0.121. The molecule has 0 spiro atoms. The molecule has 5 nitrogen and oxygen atoms in total. The van der Waals surface area contributed by atoms with Crippen LogP contribution in [-0.2, 0) is 13.5 Å². The smallest absolute Gasteiger partial charge is 0.271 e. The average Bonchev–Trinajstić information content (AvgIpc) is 3.05. The van der Waals surface area contributed by atoms with Gasteiger partial charge in [-0.2, -0.15) is 5.10 Å². The molecule has 0 aliphatic carbocycles. The third-order valence-electron chi connectivity index (χ3n) is 4.70. The molecule has 0 fully saturated rings. The molecule has 0 aliphatic rings. The summed E-state index contributed by atoms with van der Waals surface area (Å²) in [5.41, 5.74) is 7.61.